The average molecular weight is 335 g/mol. The highest BCUT2D eigenvalue weighted by Gasteiger charge is 2.21. The molecule has 1 aromatic heterocycles. The highest BCUT2D eigenvalue weighted by Crippen LogP contribution is 2.19. The molecule has 0 atom stereocenters. The molecule has 1 aromatic carbocycles. The molecule has 0 aliphatic carbocycles. The van der Waals surface area contributed by atoms with Gasteiger partial charge in [0.2, 0.25) is 21.8 Å². The van der Waals surface area contributed by atoms with E-state index >= 15 is 0 Å². The van der Waals surface area contributed by atoms with Crippen molar-refractivity contribution in [3.63, 3.8) is 0 Å². The molecule has 2 rings (SSSR count). The van der Waals surface area contributed by atoms with Gasteiger partial charge in [0.05, 0.1) is 25.2 Å². The van der Waals surface area contributed by atoms with Crippen LogP contribution in [-0.4, -0.2) is 39.2 Å². The second-order valence-corrected chi connectivity index (χ2v) is 6.65. The summed E-state index contributed by atoms with van der Waals surface area (Å²) in [6.07, 6.45) is 2.38. The molecule has 2 aromatic rings. The van der Waals surface area contributed by atoms with Crippen LogP contribution in [0.15, 0.2) is 48.7 Å². The number of carbonyl (C=O) groups excluding carboxylic acids is 1. The number of hydrogen-bond donors (Lipinski definition) is 1. The van der Waals surface area contributed by atoms with Gasteiger partial charge in [-0.3, -0.25) is 9.10 Å². The lowest BCUT2D eigenvalue weighted by Gasteiger charge is -2.21. The van der Waals surface area contributed by atoms with E-state index < -0.39 is 15.9 Å². The average Bonchev–Trinajstić information content (AvgIpc) is 2.53. The number of hydrogen-bond acceptors (Lipinski definition) is 5. The van der Waals surface area contributed by atoms with Gasteiger partial charge in [-0.25, -0.2) is 13.4 Å². The molecule has 0 saturated heterocycles. The minimum absolute atomic E-state index is 0.288. The Morgan fingerprint density at radius 2 is 1.91 bits per heavy atom. The first-order valence-corrected chi connectivity index (χ1v) is 8.57. The summed E-state index contributed by atoms with van der Waals surface area (Å²) in [6, 6.07) is 11.9. The Labute approximate surface area is 135 Å². The second kappa shape index (κ2) is 7.10. The zero-order chi connectivity index (χ0) is 16.9. The van der Waals surface area contributed by atoms with Crippen molar-refractivity contribution in [2.24, 2.45) is 0 Å². The molecule has 0 saturated carbocycles. The van der Waals surface area contributed by atoms with E-state index in [1.54, 1.807) is 24.3 Å². The standard InChI is InChI=1S/C15H17N3O4S/c1-22-15-9-8-13(10-16-15)18(23(2,20)21)11-14(19)17-12-6-4-3-5-7-12/h3-10H,11H2,1-2H3,(H,17,19). The van der Waals surface area contributed by atoms with E-state index in [9.17, 15) is 13.2 Å². The first kappa shape index (κ1) is 16.8. The number of nitrogens with zero attached hydrogens (tertiary/aromatic N) is 2. The van der Waals surface area contributed by atoms with E-state index in [0.29, 0.717) is 11.6 Å². The summed E-state index contributed by atoms with van der Waals surface area (Å²) in [7, 11) is -2.17. The zero-order valence-corrected chi connectivity index (χ0v) is 13.6. The molecule has 0 fully saturated rings. The number of nitrogens with one attached hydrogen (secondary N) is 1. The number of carbonyl (C=O) groups is 1. The Morgan fingerprint density at radius 3 is 2.43 bits per heavy atom. The van der Waals surface area contributed by atoms with Crippen molar-refractivity contribution in [1.82, 2.24) is 4.98 Å². The smallest absolute Gasteiger partial charge is 0.245 e. The van der Waals surface area contributed by atoms with Crippen molar-refractivity contribution in [2.75, 3.05) is 29.5 Å². The summed E-state index contributed by atoms with van der Waals surface area (Å²) in [5, 5.41) is 2.65. The van der Waals surface area contributed by atoms with Crippen molar-refractivity contribution in [2.45, 2.75) is 0 Å². The summed E-state index contributed by atoms with van der Waals surface area (Å²) in [6.45, 7) is -0.345. The fraction of sp³-hybridized carbons (Fsp3) is 0.200. The molecule has 1 heterocycles. The van der Waals surface area contributed by atoms with Crippen molar-refractivity contribution in [1.29, 1.82) is 0 Å². The maximum atomic E-state index is 12.1. The Bertz CT molecular complexity index is 761. The Kier molecular flexibility index (Phi) is 5.17. The molecule has 1 N–H and O–H groups in total. The van der Waals surface area contributed by atoms with E-state index in [4.69, 9.17) is 4.74 Å². The zero-order valence-electron chi connectivity index (χ0n) is 12.8. The Balaban J connectivity index is 2.17. The minimum Gasteiger partial charge on any atom is -0.481 e. The highest BCUT2D eigenvalue weighted by molar-refractivity contribution is 7.92. The highest BCUT2D eigenvalue weighted by atomic mass is 32.2. The predicted octanol–water partition coefficient (Wildman–Crippen LogP) is 1.49. The van der Waals surface area contributed by atoms with Crippen LogP contribution in [-0.2, 0) is 14.8 Å². The molecule has 7 nitrogen and oxygen atoms in total. The van der Waals surface area contributed by atoms with E-state index in [1.165, 1.54) is 25.4 Å². The summed E-state index contributed by atoms with van der Waals surface area (Å²) >= 11 is 0. The third kappa shape index (κ3) is 4.68. The van der Waals surface area contributed by atoms with Crippen LogP contribution in [0.5, 0.6) is 5.88 Å². The van der Waals surface area contributed by atoms with Gasteiger partial charge in [0.15, 0.2) is 0 Å². The van der Waals surface area contributed by atoms with E-state index in [1.807, 2.05) is 6.07 Å². The van der Waals surface area contributed by atoms with Crippen molar-refractivity contribution in [3.05, 3.63) is 48.7 Å². The number of rotatable bonds is 6. The molecule has 0 unspecified atom stereocenters. The van der Waals surface area contributed by atoms with E-state index in [-0.39, 0.29) is 12.2 Å². The largest absolute Gasteiger partial charge is 0.481 e. The van der Waals surface area contributed by atoms with Gasteiger partial charge in [0, 0.05) is 11.8 Å². The lowest BCUT2D eigenvalue weighted by atomic mass is 10.3. The summed E-state index contributed by atoms with van der Waals surface area (Å²) < 4.78 is 29.8. The number of methoxy groups -OCH3 is 1. The monoisotopic (exact) mass is 335 g/mol. The maximum Gasteiger partial charge on any atom is 0.245 e. The van der Waals surface area contributed by atoms with Crippen molar-refractivity contribution >= 4 is 27.3 Å². The molecule has 0 spiro atoms. The number of amides is 1. The van der Waals surface area contributed by atoms with E-state index in [0.717, 1.165) is 10.6 Å². The lowest BCUT2D eigenvalue weighted by molar-refractivity contribution is -0.114. The van der Waals surface area contributed by atoms with Crippen LogP contribution in [0.2, 0.25) is 0 Å². The first-order chi connectivity index (χ1) is 10.9. The molecule has 0 aliphatic heterocycles. The van der Waals surface area contributed by atoms with Crippen LogP contribution in [0.1, 0.15) is 0 Å². The normalized spacial score (nSPS) is 10.9. The summed E-state index contributed by atoms with van der Waals surface area (Å²) in [5.41, 5.74) is 0.885. The SMILES string of the molecule is COc1ccc(N(CC(=O)Nc2ccccc2)S(C)(=O)=O)cn1. The molecule has 0 aliphatic rings. The third-order valence-electron chi connectivity index (χ3n) is 2.96. The molecular weight excluding hydrogens is 318 g/mol. The van der Waals surface area contributed by atoms with Crippen LogP contribution in [0.4, 0.5) is 11.4 Å². The van der Waals surface area contributed by atoms with Crippen LogP contribution < -0.4 is 14.4 Å². The van der Waals surface area contributed by atoms with Crippen LogP contribution in [0.25, 0.3) is 0 Å². The summed E-state index contributed by atoms with van der Waals surface area (Å²) in [5.74, 6) is -0.0895. The number of benzene rings is 1. The number of pyridine rings is 1. The third-order valence-corrected chi connectivity index (χ3v) is 4.10. The quantitative estimate of drug-likeness (QED) is 0.864. The summed E-state index contributed by atoms with van der Waals surface area (Å²) in [4.78, 5) is 16.1. The maximum absolute atomic E-state index is 12.1. The van der Waals surface area contributed by atoms with Gasteiger partial charge in [-0.1, -0.05) is 18.2 Å². The topological polar surface area (TPSA) is 88.6 Å². The number of para-hydroxylation sites is 1. The van der Waals surface area contributed by atoms with Gasteiger partial charge < -0.3 is 10.1 Å². The Morgan fingerprint density at radius 1 is 1.22 bits per heavy atom. The fourth-order valence-electron chi connectivity index (χ4n) is 1.89. The van der Waals surface area contributed by atoms with Gasteiger partial charge in [-0.15, -0.1) is 0 Å². The molecule has 1 amide bonds. The molecule has 0 bridgehead atoms. The van der Waals surface area contributed by atoms with E-state index in [2.05, 4.69) is 10.3 Å². The van der Waals surface area contributed by atoms with Crippen LogP contribution in [0.3, 0.4) is 0 Å². The fourth-order valence-corrected chi connectivity index (χ4v) is 2.74. The van der Waals surface area contributed by atoms with Crippen LogP contribution in [0, 0.1) is 0 Å². The minimum atomic E-state index is -3.63. The second-order valence-electron chi connectivity index (χ2n) is 4.74. The Hall–Kier alpha value is -2.61. The van der Waals surface area contributed by atoms with Gasteiger partial charge in [-0.2, -0.15) is 0 Å². The predicted molar refractivity (Wildman–Crippen MR) is 88.1 cm³/mol. The van der Waals surface area contributed by atoms with Gasteiger partial charge in [0.25, 0.3) is 0 Å². The lowest BCUT2D eigenvalue weighted by Crippen LogP contribution is -2.37. The number of sulfonamides is 1. The number of aromatic nitrogens is 1. The molecule has 8 heteroatoms. The van der Waals surface area contributed by atoms with Gasteiger partial charge in [0.1, 0.15) is 6.54 Å². The first-order valence-electron chi connectivity index (χ1n) is 6.73. The van der Waals surface area contributed by atoms with Crippen molar-refractivity contribution in [3.8, 4) is 5.88 Å². The van der Waals surface area contributed by atoms with Crippen molar-refractivity contribution < 1.29 is 17.9 Å². The van der Waals surface area contributed by atoms with Gasteiger partial charge >= 0.3 is 0 Å². The molecular formula is C15H17N3O4S. The molecule has 23 heavy (non-hydrogen) atoms. The van der Waals surface area contributed by atoms with Gasteiger partial charge in [-0.05, 0) is 18.2 Å². The number of anilines is 2. The van der Waals surface area contributed by atoms with Crippen LogP contribution >= 0.6 is 0 Å². The molecule has 0 radical (unpaired) electrons. The number of ether oxygens (including phenoxy) is 1. The molecule has 122 valence electrons.